The van der Waals surface area contributed by atoms with E-state index in [4.69, 9.17) is 0 Å². The number of hydrogen-bond donors (Lipinski definition) is 1. The van der Waals surface area contributed by atoms with Gasteiger partial charge in [0, 0.05) is 0 Å². The summed E-state index contributed by atoms with van der Waals surface area (Å²) in [6, 6.07) is 9.87. The summed E-state index contributed by atoms with van der Waals surface area (Å²) in [5.41, 5.74) is 0.573. The van der Waals surface area contributed by atoms with E-state index in [1.54, 1.807) is 0 Å². The third-order valence-corrected chi connectivity index (χ3v) is 2.92. The molecule has 0 bridgehead atoms. The first-order valence-electron chi connectivity index (χ1n) is 4.98. The second-order valence-electron chi connectivity index (χ2n) is 3.74. The zero-order valence-corrected chi connectivity index (χ0v) is 8.07. The van der Waals surface area contributed by atoms with Crippen molar-refractivity contribution in [2.24, 2.45) is 5.18 Å². The normalized spacial score (nSPS) is 20.3. The van der Waals surface area contributed by atoms with Gasteiger partial charge in [-0.05, 0) is 31.5 Å². The fourth-order valence-corrected chi connectivity index (χ4v) is 2.02. The van der Waals surface area contributed by atoms with Gasteiger partial charge >= 0.3 is 0 Å². The van der Waals surface area contributed by atoms with Crippen LogP contribution in [0.2, 0.25) is 0 Å². The number of nitrogens with zero attached hydrogens (tertiary/aromatic N) is 1. The summed E-state index contributed by atoms with van der Waals surface area (Å²) in [6.45, 7) is 1.75. The van der Waals surface area contributed by atoms with Crippen molar-refractivity contribution in [3.63, 3.8) is 0 Å². The molecule has 0 radical (unpaired) electrons. The van der Waals surface area contributed by atoms with E-state index in [0.717, 1.165) is 31.5 Å². The van der Waals surface area contributed by atoms with Crippen LogP contribution in [0.3, 0.4) is 0 Å². The minimum absolute atomic E-state index is 0.480. The van der Waals surface area contributed by atoms with Crippen LogP contribution in [-0.2, 0) is 5.54 Å². The first kappa shape index (κ1) is 9.34. The van der Waals surface area contributed by atoms with Crippen molar-refractivity contribution in [2.45, 2.75) is 18.4 Å². The standard InChI is InChI=1S/C11H14N2O/c14-13-11(6-8-12-9-7-11)10-4-2-1-3-5-10/h1-5,12H,6-9H2. The van der Waals surface area contributed by atoms with Crippen molar-refractivity contribution in [3.05, 3.63) is 40.8 Å². The van der Waals surface area contributed by atoms with E-state index < -0.39 is 5.54 Å². The largest absolute Gasteiger partial charge is 0.317 e. The van der Waals surface area contributed by atoms with Gasteiger partial charge in [-0.2, -0.15) is 0 Å². The lowest BCUT2D eigenvalue weighted by molar-refractivity contribution is 0.317. The lowest BCUT2D eigenvalue weighted by atomic mass is 9.82. The summed E-state index contributed by atoms with van der Waals surface area (Å²) in [7, 11) is 0. The predicted octanol–water partition coefficient (Wildman–Crippen LogP) is 2.03. The van der Waals surface area contributed by atoms with Gasteiger partial charge in [0.15, 0.2) is 0 Å². The average molecular weight is 190 g/mol. The number of nitroso groups, excluding NO2 is 1. The monoisotopic (exact) mass is 190 g/mol. The van der Waals surface area contributed by atoms with E-state index in [2.05, 4.69) is 10.5 Å². The maximum atomic E-state index is 11.0. The molecule has 1 saturated heterocycles. The zero-order valence-electron chi connectivity index (χ0n) is 8.07. The Balaban J connectivity index is 2.32. The van der Waals surface area contributed by atoms with Crippen LogP contribution in [-0.4, -0.2) is 13.1 Å². The highest BCUT2D eigenvalue weighted by atomic mass is 16.3. The van der Waals surface area contributed by atoms with E-state index >= 15 is 0 Å². The summed E-state index contributed by atoms with van der Waals surface area (Å²) in [4.78, 5) is 11.0. The predicted molar refractivity (Wildman–Crippen MR) is 56.0 cm³/mol. The Bertz CT molecular complexity index is 304. The Morgan fingerprint density at radius 1 is 1.14 bits per heavy atom. The molecule has 1 aliphatic rings. The summed E-state index contributed by atoms with van der Waals surface area (Å²) in [5, 5.41) is 6.60. The Hall–Kier alpha value is -1.22. The first-order chi connectivity index (χ1) is 6.87. The maximum Gasteiger partial charge on any atom is 0.130 e. The zero-order chi connectivity index (χ0) is 9.86. The van der Waals surface area contributed by atoms with Crippen molar-refractivity contribution in [1.29, 1.82) is 0 Å². The molecule has 1 N–H and O–H groups in total. The molecule has 1 aliphatic heterocycles. The maximum absolute atomic E-state index is 11.0. The number of hydrogen-bond acceptors (Lipinski definition) is 3. The highest BCUT2D eigenvalue weighted by Gasteiger charge is 2.34. The van der Waals surface area contributed by atoms with E-state index in [-0.39, 0.29) is 0 Å². The molecular formula is C11H14N2O. The lowest BCUT2D eigenvalue weighted by Crippen LogP contribution is -2.38. The smallest absolute Gasteiger partial charge is 0.130 e. The van der Waals surface area contributed by atoms with Crippen molar-refractivity contribution in [3.8, 4) is 0 Å². The molecule has 0 spiro atoms. The van der Waals surface area contributed by atoms with Gasteiger partial charge < -0.3 is 5.32 Å². The topological polar surface area (TPSA) is 41.5 Å². The van der Waals surface area contributed by atoms with Crippen molar-refractivity contribution in [2.75, 3.05) is 13.1 Å². The van der Waals surface area contributed by atoms with Crippen LogP contribution in [0.1, 0.15) is 18.4 Å². The van der Waals surface area contributed by atoms with Crippen molar-refractivity contribution in [1.82, 2.24) is 5.32 Å². The van der Waals surface area contributed by atoms with Gasteiger partial charge in [-0.3, -0.25) is 0 Å². The molecule has 0 saturated carbocycles. The second-order valence-corrected chi connectivity index (χ2v) is 3.74. The van der Waals surface area contributed by atoms with Crippen LogP contribution in [0.4, 0.5) is 0 Å². The van der Waals surface area contributed by atoms with Crippen LogP contribution in [0.5, 0.6) is 0 Å². The van der Waals surface area contributed by atoms with Gasteiger partial charge in [0.1, 0.15) is 5.54 Å². The fourth-order valence-electron chi connectivity index (χ4n) is 2.02. The average Bonchev–Trinajstić information content (AvgIpc) is 2.31. The molecule has 1 aromatic carbocycles. The molecule has 1 aromatic rings. The van der Waals surface area contributed by atoms with Crippen molar-refractivity contribution < 1.29 is 0 Å². The summed E-state index contributed by atoms with van der Waals surface area (Å²) in [5.74, 6) is 0. The molecule has 1 fully saturated rings. The Morgan fingerprint density at radius 3 is 2.36 bits per heavy atom. The molecule has 0 aromatic heterocycles. The van der Waals surface area contributed by atoms with Gasteiger partial charge in [-0.1, -0.05) is 35.5 Å². The molecule has 3 heteroatoms. The molecule has 14 heavy (non-hydrogen) atoms. The minimum Gasteiger partial charge on any atom is -0.317 e. The van der Waals surface area contributed by atoms with Crippen LogP contribution in [0.25, 0.3) is 0 Å². The molecule has 0 atom stereocenters. The molecule has 1 heterocycles. The third kappa shape index (κ3) is 1.55. The van der Waals surface area contributed by atoms with Gasteiger partial charge in [-0.25, -0.2) is 0 Å². The Morgan fingerprint density at radius 2 is 1.79 bits per heavy atom. The van der Waals surface area contributed by atoms with Gasteiger partial charge in [0.25, 0.3) is 0 Å². The first-order valence-corrected chi connectivity index (χ1v) is 4.98. The van der Waals surface area contributed by atoms with Gasteiger partial charge in [-0.15, -0.1) is 4.91 Å². The molecule has 0 unspecified atom stereocenters. The van der Waals surface area contributed by atoms with E-state index in [9.17, 15) is 4.91 Å². The molecular weight excluding hydrogens is 176 g/mol. The quantitative estimate of drug-likeness (QED) is 0.725. The second kappa shape index (κ2) is 3.88. The van der Waals surface area contributed by atoms with E-state index in [1.807, 2.05) is 30.3 Å². The fraction of sp³-hybridized carbons (Fsp3) is 0.455. The molecule has 0 aliphatic carbocycles. The summed E-state index contributed by atoms with van der Waals surface area (Å²) >= 11 is 0. The highest BCUT2D eigenvalue weighted by Crippen LogP contribution is 2.34. The van der Waals surface area contributed by atoms with E-state index in [0.29, 0.717) is 0 Å². The SMILES string of the molecule is O=NC1(c2ccccc2)CCNCC1. The highest BCUT2D eigenvalue weighted by molar-refractivity contribution is 5.25. The minimum atomic E-state index is -0.480. The Kier molecular flexibility index (Phi) is 2.59. The molecule has 2 rings (SSSR count). The lowest BCUT2D eigenvalue weighted by Gasteiger charge is -2.31. The van der Waals surface area contributed by atoms with Crippen LogP contribution >= 0.6 is 0 Å². The van der Waals surface area contributed by atoms with Crippen LogP contribution in [0, 0.1) is 4.91 Å². The Labute approximate surface area is 83.5 Å². The van der Waals surface area contributed by atoms with Crippen LogP contribution in [0.15, 0.2) is 35.5 Å². The molecule has 74 valence electrons. The number of benzene rings is 1. The van der Waals surface area contributed by atoms with Gasteiger partial charge in [0.2, 0.25) is 0 Å². The third-order valence-electron chi connectivity index (χ3n) is 2.92. The van der Waals surface area contributed by atoms with Crippen LogP contribution < -0.4 is 5.32 Å². The summed E-state index contributed by atoms with van der Waals surface area (Å²) < 4.78 is 0. The van der Waals surface area contributed by atoms with Gasteiger partial charge in [0.05, 0.1) is 0 Å². The molecule has 0 amide bonds. The number of piperidine rings is 1. The molecule has 3 nitrogen and oxygen atoms in total. The number of rotatable bonds is 2. The summed E-state index contributed by atoms with van der Waals surface area (Å²) in [6.07, 6.45) is 1.61. The number of nitrogens with one attached hydrogen (secondary N) is 1. The van der Waals surface area contributed by atoms with Crippen molar-refractivity contribution >= 4 is 0 Å². The van der Waals surface area contributed by atoms with E-state index in [1.165, 1.54) is 0 Å².